The number of carbonyl (C=O) groups excluding carboxylic acids is 2. The number of aliphatic hydroxyl groups excluding tert-OH is 1. The molecule has 1 aliphatic heterocycles. The molecule has 14 heteroatoms. The zero-order valence-corrected chi connectivity index (χ0v) is 29.7. The maximum absolute atomic E-state index is 13.6. The van der Waals surface area contributed by atoms with Gasteiger partial charge in [-0.1, -0.05) is 36.3 Å². The van der Waals surface area contributed by atoms with Gasteiger partial charge in [-0.2, -0.15) is 0 Å². The number of carbonyl (C=O) groups is 2. The Morgan fingerprint density at radius 1 is 1.14 bits per heavy atom. The molecule has 0 bridgehead atoms. The molecular weight excluding hydrogens is 660 g/mol. The summed E-state index contributed by atoms with van der Waals surface area (Å²) in [5.74, 6) is 0.0422. The molecule has 5 rings (SSSR count). The SMILES string of the molecule is Cc1noc(C)c1S(=O)(=O)Nc1ccc2c(c1)CC(=O)N([C@H](C)CO)C[C@H](C)[C@H](CN(C)Cc1ccc(C(=O)Nc3ccccc3N)cc1)O2. The molecule has 1 aromatic heterocycles. The van der Waals surface area contributed by atoms with Crippen molar-refractivity contribution >= 4 is 38.9 Å². The van der Waals surface area contributed by atoms with Gasteiger partial charge < -0.3 is 30.3 Å². The lowest BCUT2D eigenvalue weighted by Gasteiger charge is -2.34. The molecule has 0 fully saturated rings. The number of aryl methyl sites for hydroxylation is 2. The summed E-state index contributed by atoms with van der Waals surface area (Å²) in [6.45, 7) is 8.07. The number of nitrogens with zero attached hydrogens (tertiary/aromatic N) is 3. The average molecular weight is 705 g/mol. The van der Waals surface area contributed by atoms with Gasteiger partial charge in [0.15, 0.2) is 10.7 Å². The van der Waals surface area contributed by atoms with Gasteiger partial charge in [-0.25, -0.2) is 8.42 Å². The van der Waals surface area contributed by atoms with Crippen LogP contribution in [0.4, 0.5) is 17.1 Å². The fourth-order valence-corrected chi connectivity index (χ4v) is 7.41. The van der Waals surface area contributed by atoms with E-state index in [1.807, 2.05) is 26.1 Å². The normalized spacial score (nSPS) is 17.3. The molecule has 3 atom stereocenters. The number of hydrogen-bond donors (Lipinski definition) is 4. The lowest BCUT2D eigenvalue weighted by molar-refractivity contribution is -0.134. The van der Waals surface area contributed by atoms with Crippen molar-refractivity contribution < 1.29 is 32.4 Å². The van der Waals surface area contributed by atoms with E-state index in [-0.39, 0.29) is 58.9 Å². The number of nitrogen functional groups attached to an aromatic ring is 1. The van der Waals surface area contributed by atoms with E-state index in [9.17, 15) is 23.1 Å². The van der Waals surface area contributed by atoms with E-state index < -0.39 is 16.1 Å². The Hall–Kier alpha value is -4.92. The molecule has 0 aliphatic carbocycles. The number of ether oxygens (including phenoxy) is 1. The molecule has 0 saturated carbocycles. The van der Waals surface area contributed by atoms with Crippen LogP contribution in [0.5, 0.6) is 5.75 Å². The van der Waals surface area contributed by atoms with Crippen LogP contribution in [0.25, 0.3) is 0 Å². The van der Waals surface area contributed by atoms with Crippen molar-refractivity contribution in [3.05, 3.63) is 94.9 Å². The van der Waals surface area contributed by atoms with Crippen LogP contribution in [0.2, 0.25) is 0 Å². The third-order valence-corrected chi connectivity index (χ3v) is 10.4. The monoisotopic (exact) mass is 704 g/mol. The number of hydrogen-bond acceptors (Lipinski definition) is 10. The summed E-state index contributed by atoms with van der Waals surface area (Å²) in [6.07, 6.45) is -0.420. The topological polar surface area (TPSA) is 180 Å². The van der Waals surface area contributed by atoms with Gasteiger partial charge >= 0.3 is 0 Å². The molecule has 0 unspecified atom stereocenters. The number of para-hydroxylation sites is 2. The maximum atomic E-state index is 13.6. The lowest BCUT2D eigenvalue weighted by Crippen LogP contribution is -2.47. The largest absolute Gasteiger partial charge is 0.488 e. The summed E-state index contributed by atoms with van der Waals surface area (Å²) in [5, 5.41) is 16.6. The summed E-state index contributed by atoms with van der Waals surface area (Å²) in [5.41, 5.74) is 9.49. The van der Waals surface area contributed by atoms with Crippen molar-refractivity contribution in [3.63, 3.8) is 0 Å². The highest BCUT2D eigenvalue weighted by atomic mass is 32.2. The summed E-state index contributed by atoms with van der Waals surface area (Å²) in [4.78, 5) is 30.1. The minimum Gasteiger partial charge on any atom is -0.488 e. The highest BCUT2D eigenvalue weighted by Gasteiger charge is 2.32. The van der Waals surface area contributed by atoms with E-state index in [2.05, 4.69) is 20.1 Å². The van der Waals surface area contributed by atoms with Crippen LogP contribution in [0.1, 0.15) is 46.8 Å². The standard InChI is InChI=1S/C36H44N6O7S/c1-22-18-42(23(2)21-43)34(44)17-28-16-29(40-50(46,47)35-24(3)39-49-25(35)4)14-15-32(28)48-33(22)20-41(5)19-26-10-12-27(13-11-26)36(45)38-31-9-7-6-8-30(31)37/h6-16,22-23,33,40,43H,17-21,37H2,1-5H3,(H,38,45)/t22-,23+,33-/m0/s1. The number of rotatable bonds is 11. The number of anilines is 3. The predicted molar refractivity (Wildman–Crippen MR) is 190 cm³/mol. The van der Waals surface area contributed by atoms with Crippen molar-refractivity contribution in [2.45, 2.75) is 57.7 Å². The number of aromatic nitrogens is 1. The van der Waals surface area contributed by atoms with Gasteiger partial charge in [0.25, 0.3) is 15.9 Å². The molecule has 266 valence electrons. The second-order valence-electron chi connectivity index (χ2n) is 12.9. The van der Waals surface area contributed by atoms with Gasteiger partial charge in [0, 0.05) is 42.4 Å². The number of fused-ring (bicyclic) bond motifs is 1. The van der Waals surface area contributed by atoms with Gasteiger partial charge in [-0.05, 0) is 75.8 Å². The molecule has 4 aromatic rings. The number of amides is 2. The first-order valence-electron chi connectivity index (χ1n) is 16.3. The first kappa shape index (κ1) is 36.4. The number of sulfonamides is 1. The van der Waals surface area contributed by atoms with Crippen LogP contribution >= 0.6 is 0 Å². The first-order valence-corrected chi connectivity index (χ1v) is 17.8. The number of benzene rings is 3. The van der Waals surface area contributed by atoms with Crippen LogP contribution < -0.4 is 20.5 Å². The number of likely N-dealkylation sites (N-methyl/N-ethyl adjacent to an activating group) is 1. The molecule has 0 saturated heterocycles. The molecule has 5 N–H and O–H groups in total. The van der Waals surface area contributed by atoms with Crippen LogP contribution in [-0.4, -0.2) is 79.2 Å². The van der Waals surface area contributed by atoms with E-state index in [0.29, 0.717) is 47.9 Å². The fourth-order valence-electron chi connectivity index (χ4n) is 6.03. The molecular formula is C36H44N6O7S. The Labute approximate surface area is 292 Å². The molecule has 3 aromatic carbocycles. The number of nitrogens with two attached hydrogens (primary N) is 1. The predicted octanol–water partition coefficient (Wildman–Crippen LogP) is 4.21. The summed E-state index contributed by atoms with van der Waals surface area (Å²) in [6, 6.07) is 18.9. The third kappa shape index (κ3) is 8.44. The minimum atomic E-state index is -4.02. The molecule has 13 nitrogen and oxygen atoms in total. The zero-order valence-electron chi connectivity index (χ0n) is 28.8. The van der Waals surface area contributed by atoms with Crippen molar-refractivity contribution in [1.29, 1.82) is 0 Å². The van der Waals surface area contributed by atoms with Crippen LogP contribution in [0, 0.1) is 19.8 Å². The Morgan fingerprint density at radius 3 is 2.52 bits per heavy atom. The summed E-state index contributed by atoms with van der Waals surface area (Å²) < 4.78 is 40.7. The van der Waals surface area contributed by atoms with E-state index in [1.165, 1.54) is 6.92 Å². The highest BCUT2D eigenvalue weighted by molar-refractivity contribution is 7.92. The van der Waals surface area contributed by atoms with Crippen molar-refractivity contribution in [3.8, 4) is 5.75 Å². The van der Waals surface area contributed by atoms with E-state index in [0.717, 1.165) is 5.56 Å². The summed E-state index contributed by atoms with van der Waals surface area (Å²) >= 11 is 0. The van der Waals surface area contributed by atoms with E-state index in [1.54, 1.807) is 73.3 Å². The van der Waals surface area contributed by atoms with Crippen LogP contribution in [-0.2, 0) is 27.8 Å². The van der Waals surface area contributed by atoms with Crippen LogP contribution in [0.15, 0.2) is 76.1 Å². The van der Waals surface area contributed by atoms with E-state index >= 15 is 0 Å². The Balaban J connectivity index is 1.34. The van der Waals surface area contributed by atoms with Crippen molar-refractivity contribution in [1.82, 2.24) is 15.0 Å². The quantitative estimate of drug-likeness (QED) is 0.165. The number of nitrogens with one attached hydrogen (secondary N) is 2. The third-order valence-electron chi connectivity index (χ3n) is 8.77. The molecule has 50 heavy (non-hydrogen) atoms. The van der Waals surface area contributed by atoms with Gasteiger partial charge in [0.2, 0.25) is 5.91 Å². The van der Waals surface area contributed by atoms with Crippen LogP contribution in [0.3, 0.4) is 0 Å². The fraction of sp³-hybridized carbons (Fsp3) is 0.361. The minimum absolute atomic E-state index is 0.0384. The van der Waals surface area contributed by atoms with Crippen molar-refractivity contribution in [2.24, 2.45) is 5.92 Å². The van der Waals surface area contributed by atoms with Gasteiger partial charge in [-0.3, -0.25) is 19.2 Å². The smallest absolute Gasteiger partial charge is 0.267 e. The first-order chi connectivity index (χ1) is 23.7. The van der Waals surface area contributed by atoms with Gasteiger partial charge in [0.05, 0.1) is 30.4 Å². The molecule has 0 radical (unpaired) electrons. The maximum Gasteiger partial charge on any atom is 0.267 e. The zero-order chi connectivity index (χ0) is 36.2. The average Bonchev–Trinajstić information content (AvgIpc) is 3.44. The molecule has 1 aliphatic rings. The Kier molecular flexibility index (Phi) is 11.1. The highest BCUT2D eigenvalue weighted by Crippen LogP contribution is 2.31. The second-order valence-corrected chi connectivity index (χ2v) is 14.5. The van der Waals surface area contributed by atoms with E-state index in [4.69, 9.17) is 15.0 Å². The Bertz CT molecular complexity index is 1930. The van der Waals surface area contributed by atoms with Gasteiger partial charge in [-0.15, -0.1) is 0 Å². The van der Waals surface area contributed by atoms with Crippen molar-refractivity contribution in [2.75, 3.05) is 42.5 Å². The number of aliphatic hydroxyl groups is 1. The molecule has 2 heterocycles. The summed E-state index contributed by atoms with van der Waals surface area (Å²) in [7, 11) is -2.05. The van der Waals surface area contributed by atoms with Gasteiger partial charge in [0.1, 0.15) is 17.5 Å². The Morgan fingerprint density at radius 2 is 1.86 bits per heavy atom. The lowest BCUT2D eigenvalue weighted by atomic mass is 10.0. The second kappa shape index (κ2) is 15.3. The molecule has 0 spiro atoms. The molecule has 2 amide bonds.